The normalized spacial score (nSPS) is 11.8. The lowest BCUT2D eigenvalue weighted by molar-refractivity contribution is -0.141. The van der Waals surface area contributed by atoms with Gasteiger partial charge in [0.1, 0.15) is 6.04 Å². The summed E-state index contributed by atoms with van der Waals surface area (Å²) in [7, 11) is 0. The summed E-state index contributed by atoms with van der Waals surface area (Å²) in [5, 5.41) is 8.70. The maximum Gasteiger partial charge on any atom is 0.326 e. The molecule has 0 amide bonds. The van der Waals surface area contributed by atoms with Gasteiger partial charge in [-0.05, 0) is 6.42 Å². The molecule has 0 aromatic carbocycles. The second kappa shape index (κ2) is 4.92. The lowest BCUT2D eigenvalue weighted by atomic mass is 10.2. The molecule has 0 radical (unpaired) electrons. The molecule has 0 bridgehead atoms. The van der Waals surface area contributed by atoms with Gasteiger partial charge < -0.3 is 9.67 Å². The van der Waals surface area contributed by atoms with E-state index in [4.69, 9.17) is 5.11 Å². The fraction of sp³-hybridized carbons (Fsp3) is 0.429. The average molecular weight is 235 g/mol. The third-order valence-electron chi connectivity index (χ3n) is 1.56. The number of nitrogens with zero attached hydrogens (tertiary/aromatic N) is 2. The van der Waals surface area contributed by atoms with Crippen LogP contribution in [0.25, 0.3) is 0 Å². The number of hydrogen-bond donors (Lipinski definition) is 1. The lowest BCUT2D eigenvalue weighted by Gasteiger charge is -2.09. The highest BCUT2D eigenvalue weighted by Gasteiger charge is 2.15. The third-order valence-corrected chi connectivity index (χ3v) is 1.56. The maximum atomic E-state index is 10.6. The van der Waals surface area contributed by atoms with E-state index in [9.17, 15) is 4.79 Å². The molecule has 1 aromatic heterocycles. The van der Waals surface area contributed by atoms with E-state index in [1.165, 1.54) is 6.33 Å². The fourth-order valence-corrected chi connectivity index (χ4v) is 0.967. The van der Waals surface area contributed by atoms with E-state index in [0.717, 1.165) is 0 Å². The molecule has 0 fully saturated rings. The number of carboxylic acid groups (broad SMARTS) is 1. The van der Waals surface area contributed by atoms with Crippen molar-refractivity contribution in [3.8, 4) is 0 Å². The van der Waals surface area contributed by atoms with Crippen LogP contribution in [-0.4, -0.2) is 20.6 Å². The molecule has 5 heteroatoms. The molecule has 4 nitrogen and oxygen atoms in total. The quantitative estimate of drug-likeness (QED) is 0.863. The number of carbonyl (C=O) groups is 1. The fourth-order valence-electron chi connectivity index (χ4n) is 0.967. The van der Waals surface area contributed by atoms with Gasteiger partial charge in [0.2, 0.25) is 0 Å². The highest BCUT2D eigenvalue weighted by atomic mass is 79.9. The van der Waals surface area contributed by atoms with E-state index in [1.54, 1.807) is 17.0 Å². The van der Waals surface area contributed by atoms with E-state index in [-0.39, 0.29) is 17.0 Å². The number of halogens is 1. The summed E-state index contributed by atoms with van der Waals surface area (Å²) in [6.07, 6.45) is 5.32. The Hall–Kier alpha value is -0.840. The van der Waals surface area contributed by atoms with E-state index >= 15 is 0 Å². The molecule has 12 heavy (non-hydrogen) atoms. The van der Waals surface area contributed by atoms with Gasteiger partial charge in [-0.3, -0.25) is 0 Å². The van der Waals surface area contributed by atoms with Crippen molar-refractivity contribution in [3.05, 3.63) is 18.7 Å². The number of aromatic nitrogens is 2. The zero-order valence-electron chi connectivity index (χ0n) is 6.67. The van der Waals surface area contributed by atoms with Crippen LogP contribution in [-0.2, 0) is 4.79 Å². The monoisotopic (exact) mass is 234 g/mol. The van der Waals surface area contributed by atoms with Crippen LogP contribution in [0, 0.1) is 0 Å². The molecular weight excluding hydrogens is 224 g/mol. The standard InChI is InChI=1S/C7H10N2O2.BrH/c1-2-6(7(10)11)9-4-3-8-5-9;/h3-6H,2H2,1H3,(H,10,11);1H. The minimum atomic E-state index is -0.814. The van der Waals surface area contributed by atoms with E-state index in [2.05, 4.69) is 4.98 Å². The molecule has 68 valence electrons. The second-order valence-corrected chi connectivity index (χ2v) is 2.27. The van der Waals surface area contributed by atoms with Crippen LogP contribution < -0.4 is 0 Å². The summed E-state index contributed by atoms with van der Waals surface area (Å²) in [6.45, 7) is 1.83. The molecule has 1 heterocycles. The van der Waals surface area contributed by atoms with Crippen molar-refractivity contribution in [2.24, 2.45) is 0 Å². The Balaban J connectivity index is 0.00000121. The van der Waals surface area contributed by atoms with Crippen LogP contribution in [0.3, 0.4) is 0 Å². The molecule has 1 N–H and O–H groups in total. The van der Waals surface area contributed by atoms with Crippen molar-refractivity contribution in [1.29, 1.82) is 0 Å². The second-order valence-electron chi connectivity index (χ2n) is 2.27. The van der Waals surface area contributed by atoms with Crippen molar-refractivity contribution in [3.63, 3.8) is 0 Å². The predicted octanol–water partition coefficient (Wildman–Crippen LogP) is 1.50. The van der Waals surface area contributed by atoms with Crippen molar-refractivity contribution >= 4 is 23.0 Å². The van der Waals surface area contributed by atoms with Gasteiger partial charge in [0.05, 0.1) is 6.33 Å². The lowest BCUT2D eigenvalue weighted by Crippen LogP contribution is -2.16. The number of carboxylic acids is 1. The van der Waals surface area contributed by atoms with Gasteiger partial charge in [-0.25, -0.2) is 9.78 Å². The van der Waals surface area contributed by atoms with Crippen LogP contribution in [0.1, 0.15) is 19.4 Å². The molecule has 1 aromatic rings. The first-order chi connectivity index (χ1) is 5.25. The summed E-state index contributed by atoms with van der Waals surface area (Å²) < 4.78 is 1.59. The summed E-state index contributed by atoms with van der Waals surface area (Å²) >= 11 is 0. The van der Waals surface area contributed by atoms with Gasteiger partial charge in [-0.15, -0.1) is 17.0 Å². The Morgan fingerprint density at radius 3 is 2.75 bits per heavy atom. The largest absolute Gasteiger partial charge is 0.480 e. The Morgan fingerprint density at radius 1 is 1.75 bits per heavy atom. The Morgan fingerprint density at radius 2 is 2.42 bits per heavy atom. The average Bonchev–Trinajstić information content (AvgIpc) is 2.40. The molecule has 0 saturated carbocycles. The molecule has 0 aliphatic rings. The zero-order chi connectivity index (χ0) is 8.27. The van der Waals surface area contributed by atoms with Gasteiger partial charge in [0.15, 0.2) is 0 Å². The number of hydrogen-bond acceptors (Lipinski definition) is 2. The van der Waals surface area contributed by atoms with Crippen molar-refractivity contribution in [2.45, 2.75) is 19.4 Å². The zero-order valence-corrected chi connectivity index (χ0v) is 8.39. The third kappa shape index (κ3) is 2.34. The molecule has 1 atom stereocenters. The minimum absolute atomic E-state index is 0. The van der Waals surface area contributed by atoms with Gasteiger partial charge in [0.25, 0.3) is 0 Å². The Kier molecular flexibility index (Phi) is 4.58. The molecule has 1 unspecified atom stereocenters. The van der Waals surface area contributed by atoms with Gasteiger partial charge >= 0.3 is 5.97 Å². The van der Waals surface area contributed by atoms with Crippen LogP contribution in [0.15, 0.2) is 18.7 Å². The smallest absolute Gasteiger partial charge is 0.326 e. The van der Waals surface area contributed by atoms with Gasteiger partial charge in [0, 0.05) is 12.4 Å². The Labute approximate surface area is 81.0 Å². The topological polar surface area (TPSA) is 55.1 Å². The van der Waals surface area contributed by atoms with Crippen LogP contribution >= 0.6 is 17.0 Å². The Bertz CT molecular complexity index is 236. The number of imidazole rings is 1. The summed E-state index contributed by atoms with van der Waals surface area (Å²) in [4.78, 5) is 14.4. The highest BCUT2D eigenvalue weighted by Crippen LogP contribution is 2.09. The summed E-state index contributed by atoms with van der Waals surface area (Å²) in [5.41, 5.74) is 0. The SMILES string of the molecule is Br.CCC(C(=O)O)n1ccnc1. The van der Waals surface area contributed by atoms with Crippen molar-refractivity contribution in [1.82, 2.24) is 9.55 Å². The molecular formula is C7H11BrN2O2. The first-order valence-corrected chi connectivity index (χ1v) is 3.46. The van der Waals surface area contributed by atoms with E-state index in [0.29, 0.717) is 6.42 Å². The molecule has 0 saturated heterocycles. The van der Waals surface area contributed by atoms with Gasteiger partial charge in [-0.2, -0.15) is 0 Å². The van der Waals surface area contributed by atoms with Gasteiger partial charge in [-0.1, -0.05) is 6.92 Å². The summed E-state index contributed by atoms with van der Waals surface area (Å²) in [5.74, 6) is -0.814. The van der Waals surface area contributed by atoms with Crippen LogP contribution in [0.5, 0.6) is 0 Å². The maximum absolute atomic E-state index is 10.6. The molecule has 0 aliphatic carbocycles. The predicted molar refractivity (Wildman–Crippen MR) is 49.5 cm³/mol. The number of aliphatic carboxylic acids is 1. The molecule has 0 aliphatic heterocycles. The van der Waals surface area contributed by atoms with E-state index in [1.807, 2.05) is 6.92 Å². The first kappa shape index (κ1) is 11.2. The van der Waals surface area contributed by atoms with Crippen LogP contribution in [0.4, 0.5) is 0 Å². The van der Waals surface area contributed by atoms with E-state index < -0.39 is 12.0 Å². The minimum Gasteiger partial charge on any atom is -0.480 e. The first-order valence-electron chi connectivity index (χ1n) is 3.46. The van der Waals surface area contributed by atoms with Crippen molar-refractivity contribution < 1.29 is 9.90 Å². The highest BCUT2D eigenvalue weighted by molar-refractivity contribution is 8.93. The number of rotatable bonds is 3. The van der Waals surface area contributed by atoms with Crippen LogP contribution in [0.2, 0.25) is 0 Å². The summed E-state index contributed by atoms with van der Waals surface area (Å²) in [6, 6.07) is -0.475. The molecule has 1 rings (SSSR count). The van der Waals surface area contributed by atoms with Crippen molar-refractivity contribution in [2.75, 3.05) is 0 Å². The molecule has 0 spiro atoms.